The van der Waals surface area contributed by atoms with Gasteiger partial charge in [-0.1, -0.05) is 11.6 Å². The molecular formula is C22H23ClN2O6. The zero-order valence-corrected chi connectivity index (χ0v) is 17.9. The molecule has 2 atom stereocenters. The predicted molar refractivity (Wildman–Crippen MR) is 113 cm³/mol. The molecule has 1 fully saturated rings. The number of ether oxygens (including phenoxy) is 2. The Morgan fingerprint density at radius 3 is 2.87 bits per heavy atom. The Morgan fingerprint density at radius 2 is 2.16 bits per heavy atom. The number of carbonyl (C=O) groups is 2. The Morgan fingerprint density at radius 1 is 1.35 bits per heavy atom. The summed E-state index contributed by atoms with van der Waals surface area (Å²) in [5.74, 6) is -1.51. The number of ketones is 1. The first-order valence-electron chi connectivity index (χ1n) is 10.3. The van der Waals surface area contributed by atoms with E-state index in [0.29, 0.717) is 42.7 Å². The number of nitro benzene ring substituents is 1. The molecule has 1 saturated heterocycles. The predicted octanol–water partition coefficient (Wildman–Crippen LogP) is 3.94. The first-order valence-corrected chi connectivity index (χ1v) is 10.7. The van der Waals surface area contributed by atoms with Crippen molar-refractivity contribution < 1.29 is 24.0 Å². The second-order valence-corrected chi connectivity index (χ2v) is 8.37. The van der Waals surface area contributed by atoms with Gasteiger partial charge in [-0.25, -0.2) is 4.79 Å². The number of allylic oxidation sites excluding steroid dienone is 3. The van der Waals surface area contributed by atoms with Crippen LogP contribution < -0.4 is 5.32 Å². The van der Waals surface area contributed by atoms with Gasteiger partial charge in [0, 0.05) is 53.1 Å². The average molecular weight is 447 g/mol. The molecule has 0 bridgehead atoms. The third-order valence-corrected chi connectivity index (χ3v) is 6.27. The van der Waals surface area contributed by atoms with E-state index in [-0.39, 0.29) is 34.8 Å². The third-order valence-electron chi connectivity index (χ3n) is 5.92. The quantitative estimate of drug-likeness (QED) is 0.414. The van der Waals surface area contributed by atoms with Crippen molar-refractivity contribution in [1.29, 1.82) is 0 Å². The number of dihydropyridines is 1. The largest absolute Gasteiger partial charge is 0.459 e. The standard InChI is InChI=1S/C22H23ClN2O6/c1-12-19(22(27)31-11-14-4-3-9-30-14)20(21-17(24-12)5-2-6-18(21)26)15-10-13(25(28)29)7-8-16(15)23/h7-8,10,14,20,24H,2-6,9,11H2,1H3/t14-,20+/m1/s1. The van der Waals surface area contributed by atoms with Crippen LogP contribution in [0.25, 0.3) is 0 Å². The maximum absolute atomic E-state index is 13.2. The Labute approximate surface area is 184 Å². The number of esters is 1. The van der Waals surface area contributed by atoms with E-state index in [1.165, 1.54) is 18.2 Å². The molecule has 2 aliphatic heterocycles. The number of benzene rings is 1. The van der Waals surface area contributed by atoms with E-state index < -0.39 is 16.8 Å². The van der Waals surface area contributed by atoms with Gasteiger partial charge >= 0.3 is 5.97 Å². The molecule has 0 aromatic heterocycles. The molecule has 0 unspecified atom stereocenters. The highest BCUT2D eigenvalue weighted by molar-refractivity contribution is 6.31. The second-order valence-electron chi connectivity index (χ2n) is 7.96. The Hall–Kier alpha value is -2.71. The van der Waals surface area contributed by atoms with Crippen LogP contribution in [0.15, 0.2) is 40.7 Å². The molecular weight excluding hydrogens is 424 g/mol. The lowest BCUT2D eigenvalue weighted by atomic mass is 9.75. The number of hydrogen-bond acceptors (Lipinski definition) is 7. The number of non-ortho nitro benzene ring substituents is 1. The van der Waals surface area contributed by atoms with E-state index in [1.807, 2.05) is 0 Å². The number of nitrogens with zero attached hydrogens (tertiary/aromatic N) is 1. The van der Waals surface area contributed by atoms with Crippen LogP contribution in [0.4, 0.5) is 5.69 Å². The number of halogens is 1. The van der Waals surface area contributed by atoms with Gasteiger partial charge in [0.1, 0.15) is 6.61 Å². The Bertz CT molecular complexity index is 1010. The average Bonchev–Trinajstić information content (AvgIpc) is 3.25. The van der Waals surface area contributed by atoms with Crippen molar-refractivity contribution in [3.63, 3.8) is 0 Å². The number of Topliss-reactive ketones (excluding diaryl/α,β-unsaturated/α-hetero) is 1. The highest BCUT2D eigenvalue weighted by Crippen LogP contribution is 2.45. The summed E-state index contributed by atoms with van der Waals surface area (Å²) < 4.78 is 11.1. The van der Waals surface area contributed by atoms with Crippen molar-refractivity contribution in [3.05, 3.63) is 61.4 Å². The summed E-state index contributed by atoms with van der Waals surface area (Å²) in [5.41, 5.74) is 2.16. The molecule has 31 heavy (non-hydrogen) atoms. The van der Waals surface area contributed by atoms with E-state index in [2.05, 4.69) is 5.32 Å². The lowest BCUT2D eigenvalue weighted by molar-refractivity contribution is -0.384. The topological polar surface area (TPSA) is 108 Å². The van der Waals surface area contributed by atoms with Crippen molar-refractivity contribution in [2.45, 2.75) is 51.0 Å². The molecule has 1 N–H and O–H groups in total. The van der Waals surface area contributed by atoms with Gasteiger partial charge in [0.25, 0.3) is 5.69 Å². The molecule has 164 valence electrons. The SMILES string of the molecule is CC1=C(C(=O)OC[C@H]2CCCO2)[C@H](c2cc([N+](=O)[O-])ccc2Cl)C2=C(CCCC2=O)N1. The number of nitro groups is 1. The lowest BCUT2D eigenvalue weighted by Gasteiger charge is -2.34. The molecule has 8 nitrogen and oxygen atoms in total. The molecule has 4 rings (SSSR count). The maximum atomic E-state index is 13.2. The number of rotatable bonds is 5. The fraction of sp³-hybridized carbons (Fsp3) is 0.455. The van der Waals surface area contributed by atoms with Gasteiger partial charge in [0.05, 0.1) is 16.6 Å². The third kappa shape index (κ3) is 4.22. The number of nitrogens with one attached hydrogen (secondary N) is 1. The van der Waals surface area contributed by atoms with E-state index >= 15 is 0 Å². The van der Waals surface area contributed by atoms with E-state index in [0.717, 1.165) is 18.5 Å². The lowest BCUT2D eigenvalue weighted by Crippen LogP contribution is -2.35. The monoisotopic (exact) mass is 446 g/mol. The van der Waals surface area contributed by atoms with Crippen molar-refractivity contribution in [2.24, 2.45) is 0 Å². The first-order chi connectivity index (χ1) is 14.9. The summed E-state index contributed by atoms with van der Waals surface area (Å²) >= 11 is 6.44. The molecule has 1 aliphatic carbocycles. The van der Waals surface area contributed by atoms with Gasteiger partial charge in [-0.3, -0.25) is 14.9 Å². The molecule has 2 heterocycles. The fourth-order valence-electron chi connectivity index (χ4n) is 4.45. The van der Waals surface area contributed by atoms with Crippen LogP contribution in [-0.2, 0) is 19.1 Å². The zero-order chi connectivity index (χ0) is 22.1. The first kappa shape index (κ1) is 21.5. The van der Waals surface area contributed by atoms with Gasteiger partial charge in [0.2, 0.25) is 0 Å². The highest BCUT2D eigenvalue weighted by Gasteiger charge is 2.40. The van der Waals surface area contributed by atoms with Gasteiger partial charge in [-0.15, -0.1) is 0 Å². The smallest absolute Gasteiger partial charge is 0.336 e. The molecule has 0 spiro atoms. The van der Waals surface area contributed by atoms with E-state index in [4.69, 9.17) is 21.1 Å². The van der Waals surface area contributed by atoms with Crippen molar-refractivity contribution in [1.82, 2.24) is 5.32 Å². The van der Waals surface area contributed by atoms with Crippen LogP contribution in [0, 0.1) is 10.1 Å². The summed E-state index contributed by atoms with van der Waals surface area (Å²) in [5, 5.41) is 14.8. The summed E-state index contributed by atoms with van der Waals surface area (Å²) in [7, 11) is 0. The molecule has 9 heteroatoms. The second kappa shape index (κ2) is 8.80. The Kier molecular flexibility index (Phi) is 6.11. The van der Waals surface area contributed by atoms with Crippen molar-refractivity contribution in [3.8, 4) is 0 Å². The molecule has 3 aliphatic rings. The summed E-state index contributed by atoms with van der Waals surface area (Å²) in [6.07, 6.45) is 3.29. The van der Waals surface area contributed by atoms with Crippen LogP contribution >= 0.6 is 11.6 Å². The minimum Gasteiger partial charge on any atom is -0.459 e. The van der Waals surface area contributed by atoms with Crippen molar-refractivity contribution in [2.75, 3.05) is 13.2 Å². The van der Waals surface area contributed by atoms with Crippen LogP contribution in [0.1, 0.15) is 50.5 Å². The normalized spacial score (nSPS) is 23.5. The molecule has 1 aromatic rings. The summed E-state index contributed by atoms with van der Waals surface area (Å²) in [6, 6.07) is 4.07. The van der Waals surface area contributed by atoms with E-state index in [1.54, 1.807) is 6.92 Å². The molecule has 1 aromatic carbocycles. The van der Waals surface area contributed by atoms with Crippen LogP contribution in [0.5, 0.6) is 0 Å². The van der Waals surface area contributed by atoms with E-state index in [9.17, 15) is 19.7 Å². The molecule has 0 radical (unpaired) electrons. The van der Waals surface area contributed by atoms with Crippen molar-refractivity contribution >= 4 is 29.0 Å². The molecule has 0 saturated carbocycles. The van der Waals surface area contributed by atoms with Gasteiger partial charge in [0.15, 0.2) is 5.78 Å². The van der Waals surface area contributed by atoms with Crippen LogP contribution in [-0.4, -0.2) is 36.0 Å². The fourth-order valence-corrected chi connectivity index (χ4v) is 4.68. The molecule has 0 amide bonds. The highest BCUT2D eigenvalue weighted by atomic mass is 35.5. The van der Waals surface area contributed by atoms with Gasteiger partial charge in [-0.2, -0.15) is 0 Å². The maximum Gasteiger partial charge on any atom is 0.336 e. The number of hydrogen-bond donors (Lipinski definition) is 1. The zero-order valence-electron chi connectivity index (χ0n) is 17.1. The minimum absolute atomic E-state index is 0.0988. The number of carbonyl (C=O) groups excluding carboxylic acids is 2. The Balaban J connectivity index is 1.77. The summed E-state index contributed by atoms with van der Waals surface area (Å²) in [4.78, 5) is 36.9. The minimum atomic E-state index is -0.826. The van der Waals surface area contributed by atoms with Crippen LogP contribution in [0.2, 0.25) is 5.02 Å². The summed E-state index contributed by atoms with van der Waals surface area (Å²) in [6.45, 7) is 2.50. The van der Waals surface area contributed by atoms with Gasteiger partial charge < -0.3 is 14.8 Å². The van der Waals surface area contributed by atoms with Crippen LogP contribution in [0.3, 0.4) is 0 Å². The van der Waals surface area contributed by atoms with Gasteiger partial charge in [-0.05, 0) is 44.2 Å².